The third-order valence-electron chi connectivity index (χ3n) is 5.06. The molecule has 1 aliphatic rings. The lowest BCUT2D eigenvalue weighted by atomic mass is 9.90. The number of anilines is 1. The van der Waals surface area contributed by atoms with Crippen LogP contribution in [0.5, 0.6) is 0 Å². The molecule has 5 nitrogen and oxygen atoms in total. The molecule has 142 valence electrons. The van der Waals surface area contributed by atoms with Crippen LogP contribution in [-0.2, 0) is 19.3 Å². The zero-order chi connectivity index (χ0) is 19.5. The standard InChI is InChI=1S/C22H20IN3O2/c23-19-11-4-3-10-18(19)21(27)24-15-7-5-6-14(12-15)13-20-16-8-1-2-9-17(16)22(28)26-25-20/h3-7,10-12H,1-2,8-9,13H2,(H,24,27)(H,26,28). The molecular formula is C22H20IN3O2. The molecule has 0 radical (unpaired) electrons. The Morgan fingerprint density at radius 1 is 1.07 bits per heavy atom. The van der Waals surface area contributed by atoms with Crippen molar-refractivity contribution < 1.29 is 4.79 Å². The number of carbonyl (C=O) groups is 1. The van der Waals surface area contributed by atoms with Crippen LogP contribution in [0.3, 0.4) is 0 Å². The molecule has 1 amide bonds. The number of benzene rings is 2. The van der Waals surface area contributed by atoms with Crippen LogP contribution >= 0.6 is 22.6 Å². The number of H-pyrrole nitrogens is 1. The fraction of sp³-hybridized carbons (Fsp3) is 0.227. The van der Waals surface area contributed by atoms with Crippen LogP contribution in [0.1, 0.15) is 45.6 Å². The van der Waals surface area contributed by atoms with Gasteiger partial charge < -0.3 is 5.32 Å². The monoisotopic (exact) mass is 485 g/mol. The van der Waals surface area contributed by atoms with Gasteiger partial charge in [-0.1, -0.05) is 24.3 Å². The van der Waals surface area contributed by atoms with E-state index in [1.54, 1.807) is 0 Å². The van der Waals surface area contributed by atoms with E-state index in [2.05, 4.69) is 38.1 Å². The normalized spacial score (nSPS) is 13.0. The van der Waals surface area contributed by atoms with Crippen molar-refractivity contribution in [3.63, 3.8) is 0 Å². The molecule has 0 saturated carbocycles. The number of aromatic nitrogens is 2. The molecule has 0 unspecified atom stereocenters. The Morgan fingerprint density at radius 2 is 1.86 bits per heavy atom. The topological polar surface area (TPSA) is 74.8 Å². The molecule has 4 rings (SSSR count). The van der Waals surface area contributed by atoms with Gasteiger partial charge in [-0.2, -0.15) is 5.10 Å². The molecule has 0 spiro atoms. The first-order valence-electron chi connectivity index (χ1n) is 9.36. The van der Waals surface area contributed by atoms with Crippen LogP contribution in [0.4, 0.5) is 5.69 Å². The first-order valence-corrected chi connectivity index (χ1v) is 10.4. The summed E-state index contributed by atoms with van der Waals surface area (Å²) in [5, 5.41) is 9.93. The average molecular weight is 485 g/mol. The molecule has 0 fully saturated rings. The quantitative estimate of drug-likeness (QED) is 0.547. The van der Waals surface area contributed by atoms with Gasteiger partial charge in [-0.3, -0.25) is 9.59 Å². The number of hydrogen-bond acceptors (Lipinski definition) is 3. The molecule has 0 aliphatic heterocycles. The van der Waals surface area contributed by atoms with Crippen molar-refractivity contribution in [2.75, 3.05) is 5.32 Å². The second-order valence-corrected chi connectivity index (χ2v) is 8.14. The Hall–Kier alpha value is -2.48. The van der Waals surface area contributed by atoms with Gasteiger partial charge in [0, 0.05) is 21.2 Å². The van der Waals surface area contributed by atoms with E-state index in [1.807, 2.05) is 48.5 Å². The molecular weight excluding hydrogens is 465 g/mol. The highest BCUT2D eigenvalue weighted by Gasteiger charge is 2.18. The molecule has 28 heavy (non-hydrogen) atoms. The van der Waals surface area contributed by atoms with Crippen LogP contribution in [0.25, 0.3) is 0 Å². The van der Waals surface area contributed by atoms with E-state index in [-0.39, 0.29) is 11.5 Å². The summed E-state index contributed by atoms with van der Waals surface area (Å²) in [6.45, 7) is 0. The highest BCUT2D eigenvalue weighted by atomic mass is 127. The van der Waals surface area contributed by atoms with E-state index >= 15 is 0 Å². The third kappa shape index (κ3) is 4.01. The van der Waals surface area contributed by atoms with Gasteiger partial charge in [-0.25, -0.2) is 5.10 Å². The van der Waals surface area contributed by atoms with Gasteiger partial charge in [0.25, 0.3) is 11.5 Å². The van der Waals surface area contributed by atoms with Crippen LogP contribution in [0.15, 0.2) is 53.3 Å². The highest BCUT2D eigenvalue weighted by Crippen LogP contribution is 2.23. The summed E-state index contributed by atoms with van der Waals surface area (Å²) >= 11 is 2.16. The van der Waals surface area contributed by atoms with E-state index < -0.39 is 0 Å². The van der Waals surface area contributed by atoms with Gasteiger partial charge in [0.1, 0.15) is 0 Å². The smallest absolute Gasteiger partial charge is 0.267 e. The van der Waals surface area contributed by atoms with Crippen molar-refractivity contribution >= 4 is 34.2 Å². The van der Waals surface area contributed by atoms with E-state index in [1.165, 1.54) is 0 Å². The largest absolute Gasteiger partial charge is 0.322 e. The van der Waals surface area contributed by atoms with Crippen LogP contribution < -0.4 is 10.9 Å². The van der Waals surface area contributed by atoms with Crippen molar-refractivity contribution in [2.45, 2.75) is 32.1 Å². The summed E-state index contributed by atoms with van der Waals surface area (Å²) in [6.07, 6.45) is 4.51. The lowest BCUT2D eigenvalue weighted by Gasteiger charge is -2.17. The van der Waals surface area contributed by atoms with E-state index in [4.69, 9.17) is 0 Å². The number of rotatable bonds is 4. The Kier molecular flexibility index (Phi) is 5.57. The fourth-order valence-electron chi connectivity index (χ4n) is 3.67. The second kappa shape index (κ2) is 8.26. The fourth-order valence-corrected chi connectivity index (χ4v) is 4.30. The molecule has 0 bridgehead atoms. The summed E-state index contributed by atoms with van der Waals surface area (Å²) in [7, 11) is 0. The van der Waals surface area contributed by atoms with Gasteiger partial charge in [-0.05, 0) is 83.7 Å². The van der Waals surface area contributed by atoms with Crippen molar-refractivity contribution in [2.24, 2.45) is 0 Å². The molecule has 6 heteroatoms. The number of carbonyl (C=O) groups excluding carboxylic acids is 1. The van der Waals surface area contributed by atoms with Crippen molar-refractivity contribution in [3.05, 3.63) is 90.4 Å². The van der Waals surface area contributed by atoms with E-state index in [0.717, 1.165) is 57.3 Å². The maximum Gasteiger partial charge on any atom is 0.267 e. The summed E-state index contributed by atoms with van der Waals surface area (Å²) in [5.41, 5.74) is 5.31. The molecule has 1 heterocycles. The van der Waals surface area contributed by atoms with Gasteiger partial charge in [-0.15, -0.1) is 0 Å². The van der Waals surface area contributed by atoms with Crippen molar-refractivity contribution in [1.29, 1.82) is 0 Å². The van der Waals surface area contributed by atoms with Crippen molar-refractivity contribution in [1.82, 2.24) is 10.2 Å². The second-order valence-electron chi connectivity index (χ2n) is 6.97. The molecule has 2 N–H and O–H groups in total. The number of hydrogen-bond donors (Lipinski definition) is 2. The summed E-state index contributed by atoms with van der Waals surface area (Å²) < 4.78 is 0.915. The van der Waals surface area contributed by atoms with Gasteiger partial charge in [0.15, 0.2) is 0 Å². The molecule has 0 saturated heterocycles. The average Bonchev–Trinajstić information content (AvgIpc) is 2.71. The molecule has 3 aromatic rings. The molecule has 1 aromatic heterocycles. The molecule has 0 atom stereocenters. The number of fused-ring (bicyclic) bond motifs is 1. The Balaban J connectivity index is 1.56. The van der Waals surface area contributed by atoms with Crippen LogP contribution in [0.2, 0.25) is 0 Å². The van der Waals surface area contributed by atoms with Gasteiger partial charge in [0.05, 0.1) is 11.3 Å². The lowest BCUT2D eigenvalue weighted by Crippen LogP contribution is -2.23. The third-order valence-corrected chi connectivity index (χ3v) is 6.00. The zero-order valence-electron chi connectivity index (χ0n) is 15.3. The highest BCUT2D eigenvalue weighted by molar-refractivity contribution is 14.1. The Morgan fingerprint density at radius 3 is 2.68 bits per heavy atom. The Labute approximate surface area is 176 Å². The minimum Gasteiger partial charge on any atom is -0.322 e. The predicted octanol–water partition coefficient (Wildman–Crippen LogP) is 4.10. The number of nitrogens with zero attached hydrogens (tertiary/aromatic N) is 1. The first-order chi connectivity index (χ1) is 13.6. The zero-order valence-corrected chi connectivity index (χ0v) is 17.5. The maximum atomic E-state index is 12.6. The maximum absolute atomic E-state index is 12.6. The minimum atomic E-state index is -0.123. The van der Waals surface area contributed by atoms with Crippen LogP contribution in [0, 0.1) is 3.57 Å². The summed E-state index contributed by atoms with van der Waals surface area (Å²) in [6, 6.07) is 15.3. The number of halogens is 1. The van der Waals surface area contributed by atoms with Crippen LogP contribution in [-0.4, -0.2) is 16.1 Å². The number of aromatic amines is 1. The first kappa shape index (κ1) is 18.9. The van der Waals surface area contributed by atoms with E-state index in [9.17, 15) is 9.59 Å². The van der Waals surface area contributed by atoms with E-state index in [0.29, 0.717) is 12.0 Å². The summed E-state index contributed by atoms with van der Waals surface area (Å²) in [5.74, 6) is -0.123. The van der Waals surface area contributed by atoms with Gasteiger partial charge in [0.2, 0.25) is 0 Å². The molecule has 1 aliphatic carbocycles. The summed E-state index contributed by atoms with van der Waals surface area (Å²) in [4.78, 5) is 24.6. The molecule has 2 aromatic carbocycles. The minimum absolute atomic E-state index is 0.0584. The predicted molar refractivity (Wildman–Crippen MR) is 118 cm³/mol. The SMILES string of the molecule is O=C(Nc1cccc(Cc2n[nH]c(=O)c3c2CCCC3)c1)c1ccccc1I. The van der Waals surface area contributed by atoms with Gasteiger partial charge >= 0.3 is 0 Å². The Bertz CT molecular complexity index is 1090. The number of amides is 1. The lowest BCUT2D eigenvalue weighted by molar-refractivity contribution is 0.102. The van der Waals surface area contributed by atoms with Crippen molar-refractivity contribution in [3.8, 4) is 0 Å². The number of nitrogens with one attached hydrogen (secondary N) is 2.